The molecule has 27 heavy (non-hydrogen) atoms. The SMILES string of the molecule is CCC(=O)OC1CCCC(C2CSC(c3cc4cc(Cl)cc(N)c4[nH]3)=N2)C1. The van der Waals surface area contributed by atoms with Crippen LogP contribution < -0.4 is 5.73 Å². The van der Waals surface area contributed by atoms with Crippen LogP contribution in [0.2, 0.25) is 5.02 Å². The van der Waals surface area contributed by atoms with Crippen molar-refractivity contribution in [2.75, 3.05) is 11.5 Å². The fourth-order valence-electron chi connectivity index (χ4n) is 4.03. The Morgan fingerprint density at radius 3 is 3.07 bits per heavy atom. The number of carbonyl (C=O) groups is 1. The van der Waals surface area contributed by atoms with Gasteiger partial charge in [-0.15, -0.1) is 11.8 Å². The number of nitrogens with two attached hydrogens (primary N) is 1. The molecule has 1 fully saturated rings. The minimum Gasteiger partial charge on any atom is -0.462 e. The number of ether oxygens (including phenoxy) is 1. The number of nitrogens with zero attached hydrogens (tertiary/aromatic N) is 1. The van der Waals surface area contributed by atoms with Crippen molar-refractivity contribution in [1.29, 1.82) is 0 Å². The number of carbonyl (C=O) groups excluding carboxylic acids is 1. The molecule has 2 heterocycles. The lowest BCUT2D eigenvalue weighted by atomic mass is 9.83. The van der Waals surface area contributed by atoms with E-state index in [1.165, 1.54) is 0 Å². The number of hydrogen-bond acceptors (Lipinski definition) is 5. The molecule has 1 aromatic heterocycles. The van der Waals surface area contributed by atoms with Crippen molar-refractivity contribution in [3.63, 3.8) is 0 Å². The van der Waals surface area contributed by atoms with Crippen molar-refractivity contribution in [3.05, 3.63) is 28.9 Å². The monoisotopic (exact) mass is 405 g/mol. The third-order valence-electron chi connectivity index (χ3n) is 5.43. The second kappa shape index (κ2) is 7.76. The molecule has 0 bridgehead atoms. The third kappa shape index (κ3) is 3.97. The number of halogens is 1. The van der Waals surface area contributed by atoms with Gasteiger partial charge in [0.1, 0.15) is 11.1 Å². The van der Waals surface area contributed by atoms with Crippen molar-refractivity contribution >= 4 is 51.0 Å². The van der Waals surface area contributed by atoms with Crippen LogP contribution in [-0.2, 0) is 9.53 Å². The van der Waals surface area contributed by atoms with E-state index in [1.54, 1.807) is 17.8 Å². The first-order valence-corrected chi connectivity index (χ1v) is 10.9. The van der Waals surface area contributed by atoms with Crippen LogP contribution in [0.1, 0.15) is 44.7 Å². The molecule has 4 rings (SSSR count). The highest BCUT2D eigenvalue weighted by Crippen LogP contribution is 2.37. The van der Waals surface area contributed by atoms with Crippen LogP contribution >= 0.6 is 23.4 Å². The van der Waals surface area contributed by atoms with E-state index in [4.69, 9.17) is 27.1 Å². The standard InChI is InChI=1S/C20H24ClN3O2S/c1-2-18(25)26-14-5-3-4-11(7-14)17-10-27-20(24-17)16-8-12-6-13(21)9-15(22)19(12)23-16/h6,8-9,11,14,17,23H,2-5,7,10,22H2,1H3. The molecule has 3 unspecified atom stereocenters. The molecule has 1 aliphatic carbocycles. The summed E-state index contributed by atoms with van der Waals surface area (Å²) in [6.45, 7) is 1.84. The summed E-state index contributed by atoms with van der Waals surface area (Å²) < 4.78 is 5.58. The number of hydrogen-bond donors (Lipinski definition) is 2. The van der Waals surface area contributed by atoms with Gasteiger partial charge < -0.3 is 15.5 Å². The molecule has 1 aliphatic heterocycles. The molecule has 2 aromatic rings. The van der Waals surface area contributed by atoms with E-state index < -0.39 is 0 Å². The Bertz CT molecular complexity index is 895. The van der Waals surface area contributed by atoms with Gasteiger partial charge in [-0.2, -0.15) is 0 Å². The van der Waals surface area contributed by atoms with Crippen LogP contribution in [0.4, 0.5) is 5.69 Å². The van der Waals surface area contributed by atoms with Crippen molar-refractivity contribution < 1.29 is 9.53 Å². The van der Waals surface area contributed by atoms with Gasteiger partial charge in [-0.3, -0.25) is 9.79 Å². The number of esters is 1. The van der Waals surface area contributed by atoms with E-state index in [-0.39, 0.29) is 18.1 Å². The van der Waals surface area contributed by atoms with Crippen LogP contribution in [0.5, 0.6) is 0 Å². The van der Waals surface area contributed by atoms with E-state index in [9.17, 15) is 4.79 Å². The zero-order chi connectivity index (χ0) is 19.0. The van der Waals surface area contributed by atoms with E-state index in [2.05, 4.69) is 11.1 Å². The molecule has 2 aliphatic rings. The molecular formula is C20H24ClN3O2S. The summed E-state index contributed by atoms with van der Waals surface area (Å²) >= 11 is 7.89. The van der Waals surface area contributed by atoms with Crippen LogP contribution in [-0.4, -0.2) is 33.9 Å². The van der Waals surface area contributed by atoms with Crippen molar-refractivity contribution in [3.8, 4) is 0 Å². The molecule has 3 N–H and O–H groups in total. The zero-order valence-electron chi connectivity index (χ0n) is 15.3. The number of benzene rings is 1. The number of H-pyrrole nitrogens is 1. The fourth-order valence-corrected chi connectivity index (χ4v) is 5.42. The number of aromatic amines is 1. The average Bonchev–Trinajstić information content (AvgIpc) is 3.28. The minimum absolute atomic E-state index is 0.0514. The number of aromatic nitrogens is 1. The van der Waals surface area contributed by atoms with Crippen LogP contribution in [0, 0.1) is 5.92 Å². The Kier molecular flexibility index (Phi) is 5.37. The van der Waals surface area contributed by atoms with Gasteiger partial charge in [0, 0.05) is 22.6 Å². The van der Waals surface area contributed by atoms with Crippen LogP contribution in [0.15, 0.2) is 23.2 Å². The first kappa shape index (κ1) is 18.7. The quantitative estimate of drug-likeness (QED) is 0.566. The van der Waals surface area contributed by atoms with Crippen molar-refractivity contribution in [2.24, 2.45) is 10.9 Å². The van der Waals surface area contributed by atoms with Crippen molar-refractivity contribution in [2.45, 2.75) is 51.2 Å². The van der Waals surface area contributed by atoms with E-state index in [0.29, 0.717) is 23.0 Å². The second-order valence-corrected chi connectivity index (χ2v) is 8.79. The molecule has 0 amide bonds. The maximum absolute atomic E-state index is 11.6. The molecular weight excluding hydrogens is 382 g/mol. The number of nitrogen functional groups attached to an aromatic ring is 1. The molecule has 0 radical (unpaired) electrons. The van der Waals surface area contributed by atoms with Gasteiger partial charge in [0.25, 0.3) is 0 Å². The number of aliphatic imine (C=N–C) groups is 1. The summed E-state index contributed by atoms with van der Waals surface area (Å²) in [7, 11) is 0. The van der Waals surface area contributed by atoms with Crippen molar-refractivity contribution in [1.82, 2.24) is 4.98 Å². The fraction of sp³-hybridized carbons (Fsp3) is 0.500. The third-order valence-corrected chi connectivity index (χ3v) is 6.75. The lowest BCUT2D eigenvalue weighted by Crippen LogP contribution is -2.31. The zero-order valence-corrected chi connectivity index (χ0v) is 16.9. The highest BCUT2D eigenvalue weighted by molar-refractivity contribution is 8.14. The minimum atomic E-state index is -0.0973. The summed E-state index contributed by atoms with van der Waals surface area (Å²) in [5, 5.41) is 2.67. The second-order valence-electron chi connectivity index (χ2n) is 7.35. The molecule has 0 spiro atoms. The van der Waals surface area contributed by atoms with E-state index in [1.807, 2.05) is 13.0 Å². The maximum Gasteiger partial charge on any atom is 0.305 e. The summed E-state index contributed by atoms with van der Waals surface area (Å²) in [6, 6.07) is 6.02. The van der Waals surface area contributed by atoms with Crippen LogP contribution in [0.25, 0.3) is 10.9 Å². The van der Waals surface area contributed by atoms with E-state index >= 15 is 0 Å². The lowest BCUT2D eigenvalue weighted by Gasteiger charge is -2.31. The molecule has 0 saturated heterocycles. The first-order chi connectivity index (χ1) is 13.0. The van der Waals surface area contributed by atoms with Gasteiger partial charge in [-0.1, -0.05) is 18.5 Å². The molecule has 1 aromatic carbocycles. The first-order valence-electron chi connectivity index (χ1n) is 9.51. The largest absolute Gasteiger partial charge is 0.462 e. The molecule has 1 saturated carbocycles. The number of thioether (sulfide) groups is 1. The van der Waals surface area contributed by atoms with E-state index in [0.717, 1.165) is 53.1 Å². The van der Waals surface area contributed by atoms with Gasteiger partial charge in [-0.05, 0) is 49.8 Å². The Morgan fingerprint density at radius 2 is 2.26 bits per heavy atom. The molecule has 5 nitrogen and oxygen atoms in total. The Hall–Kier alpha value is -1.66. The van der Waals surface area contributed by atoms with Gasteiger partial charge in [0.2, 0.25) is 0 Å². The topological polar surface area (TPSA) is 80.5 Å². The van der Waals surface area contributed by atoms with Gasteiger partial charge in [-0.25, -0.2) is 0 Å². The highest BCUT2D eigenvalue weighted by Gasteiger charge is 2.33. The Labute approximate surface area is 168 Å². The average molecular weight is 406 g/mol. The predicted octanol–water partition coefficient (Wildman–Crippen LogP) is 4.78. The van der Waals surface area contributed by atoms with Gasteiger partial charge >= 0.3 is 5.97 Å². The smallest absolute Gasteiger partial charge is 0.305 e. The molecule has 3 atom stereocenters. The maximum atomic E-state index is 11.6. The summed E-state index contributed by atoms with van der Waals surface area (Å²) in [5.74, 6) is 1.35. The Balaban J connectivity index is 1.50. The highest BCUT2D eigenvalue weighted by atomic mass is 35.5. The number of rotatable bonds is 4. The normalized spacial score (nSPS) is 25.6. The van der Waals surface area contributed by atoms with Gasteiger partial charge in [0.05, 0.1) is 22.9 Å². The molecule has 7 heteroatoms. The Morgan fingerprint density at radius 1 is 1.41 bits per heavy atom. The number of nitrogens with one attached hydrogen (secondary N) is 1. The predicted molar refractivity (Wildman–Crippen MR) is 113 cm³/mol. The number of anilines is 1. The number of fused-ring (bicyclic) bond motifs is 1. The summed E-state index contributed by atoms with van der Waals surface area (Å²) in [5.41, 5.74) is 8.63. The lowest BCUT2D eigenvalue weighted by molar-refractivity contribution is -0.151. The summed E-state index contributed by atoms with van der Waals surface area (Å²) in [6.07, 6.45) is 4.63. The molecule has 144 valence electrons. The summed E-state index contributed by atoms with van der Waals surface area (Å²) in [4.78, 5) is 20.0. The van der Waals surface area contributed by atoms with Crippen LogP contribution in [0.3, 0.4) is 0 Å². The van der Waals surface area contributed by atoms with Gasteiger partial charge in [0.15, 0.2) is 0 Å².